The number of nitrogens with one attached hydrogen (secondary N) is 2. The number of ketones is 2. The third kappa shape index (κ3) is 4.43. The van der Waals surface area contributed by atoms with Crippen LogP contribution in [0.3, 0.4) is 0 Å². The largest absolute Gasteiger partial charge is 0.435 e. The maximum atomic E-state index is 13.2. The second kappa shape index (κ2) is 9.35. The number of hydrogen-bond acceptors (Lipinski definition) is 7. The number of nitrogens with zero attached hydrogens (tertiary/aromatic N) is 3. The van der Waals surface area contributed by atoms with Crippen molar-refractivity contribution in [3.05, 3.63) is 47.3 Å². The van der Waals surface area contributed by atoms with Crippen molar-refractivity contribution in [2.24, 2.45) is 0 Å². The predicted octanol–water partition coefficient (Wildman–Crippen LogP) is 2.14. The van der Waals surface area contributed by atoms with Gasteiger partial charge >= 0.3 is 0 Å². The van der Waals surface area contributed by atoms with Gasteiger partial charge in [0.2, 0.25) is 17.6 Å². The maximum Gasteiger partial charge on any atom is 0.237 e. The van der Waals surface area contributed by atoms with E-state index in [1.807, 2.05) is 24.1 Å². The number of fused-ring (bicyclic) bond motifs is 1. The number of ether oxygens (including phenoxy) is 1. The lowest BCUT2D eigenvalue weighted by atomic mass is 10.0. The molecule has 0 aliphatic carbocycles. The van der Waals surface area contributed by atoms with Gasteiger partial charge in [0.15, 0.2) is 11.5 Å². The lowest BCUT2D eigenvalue weighted by molar-refractivity contribution is -0.131. The summed E-state index contributed by atoms with van der Waals surface area (Å²) >= 11 is 0. The molecule has 2 aliphatic rings. The van der Waals surface area contributed by atoms with Gasteiger partial charge in [0.05, 0.1) is 0 Å². The van der Waals surface area contributed by atoms with Gasteiger partial charge in [0.25, 0.3) is 0 Å². The highest BCUT2D eigenvalue weighted by atomic mass is 16.5. The molecule has 9 nitrogen and oxygen atoms in total. The Balaban J connectivity index is 1.58. The Morgan fingerprint density at radius 3 is 2.78 bits per heavy atom. The van der Waals surface area contributed by atoms with Gasteiger partial charge in [-0.05, 0) is 24.6 Å². The molecule has 2 aromatic heterocycles. The molecule has 2 aliphatic heterocycles. The van der Waals surface area contributed by atoms with Gasteiger partial charge in [0.1, 0.15) is 11.2 Å². The molecule has 2 N–H and O–H groups in total. The van der Waals surface area contributed by atoms with E-state index < -0.39 is 5.78 Å². The van der Waals surface area contributed by atoms with Crippen LogP contribution >= 0.6 is 0 Å². The zero-order valence-corrected chi connectivity index (χ0v) is 18.3. The number of Topliss-reactive ketones (excluding diaryl/α,β-unsaturated/α-hetero) is 2. The van der Waals surface area contributed by atoms with Crippen molar-refractivity contribution >= 4 is 34.6 Å². The molecule has 9 heteroatoms. The van der Waals surface area contributed by atoms with Crippen LogP contribution in [0.1, 0.15) is 38.7 Å². The summed E-state index contributed by atoms with van der Waals surface area (Å²) in [5.41, 5.74) is 4.63. The van der Waals surface area contributed by atoms with E-state index in [0.29, 0.717) is 38.2 Å². The van der Waals surface area contributed by atoms with Crippen LogP contribution in [0.5, 0.6) is 0 Å². The van der Waals surface area contributed by atoms with Gasteiger partial charge in [0, 0.05) is 62.9 Å². The molecule has 0 bridgehead atoms. The lowest BCUT2D eigenvalue weighted by Gasteiger charge is -2.34. The van der Waals surface area contributed by atoms with Crippen LogP contribution in [-0.2, 0) is 19.1 Å². The third-order valence-electron chi connectivity index (χ3n) is 5.68. The number of aromatic nitrogens is 2. The van der Waals surface area contributed by atoms with Crippen LogP contribution in [0.2, 0.25) is 0 Å². The number of hydrazine groups is 1. The van der Waals surface area contributed by atoms with E-state index in [4.69, 9.17) is 4.74 Å². The number of H-pyrrole nitrogens is 1. The Labute approximate surface area is 186 Å². The molecule has 32 heavy (non-hydrogen) atoms. The zero-order chi connectivity index (χ0) is 22.7. The monoisotopic (exact) mass is 437 g/mol. The van der Waals surface area contributed by atoms with Crippen LogP contribution in [0.4, 0.5) is 0 Å². The average Bonchev–Trinajstić information content (AvgIpc) is 3.33. The number of carbonyl (C=O) groups is 3. The summed E-state index contributed by atoms with van der Waals surface area (Å²) in [6.07, 6.45) is 6.92. The van der Waals surface area contributed by atoms with Crippen molar-refractivity contribution in [1.29, 1.82) is 0 Å². The SMILES string of the molecule is CCCCC(=O)C1=C(NN2CCN(C(C)=O)CC2)O/C(=C\c2c[nH]c3ncccc23)C1=O. The van der Waals surface area contributed by atoms with Crippen LogP contribution in [0.15, 0.2) is 41.7 Å². The summed E-state index contributed by atoms with van der Waals surface area (Å²) in [7, 11) is 0. The molecule has 2 aromatic rings. The molecule has 0 spiro atoms. The second-order valence-corrected chi connectivity index (χ2v) is 7.92. The first-order chi connectivity index (χ1) is 15.5. The predicted molar refractivity (Wildman–Crippen MR) is 119 cm³/mol. The van der Waals surface area contributed by atoms with Gasteiger partial charge in [-0.1, -0.05) is 13.3 Å². The first kappa shape index (κ1) is 21.8. The summed E-state index contributed by atoms with van der Waals surface area (Å²) in [4.78, 5) is 46.7. The van der Waals surface area contributed by atoms with E-state index in [9.17, 15) is 14.4 Å². The lowest BCUT2D eigenvalue weighted by Crippen LogP contribution is -2.52. The number of allylic oxidation sites excluding steroid dienone is 1. The number of carbonyl (C=O) groups excluding carboxylic acids is 3. The molecule has 4 heterocycles. The minimum Gasteiger partial charge on any atom is -0.435 e. The first-order valence-corrected chi connectivity index (χ1v) is 10.9. The standard InChI is InChI=1S/C23H27N5O4/c1-3-4-7-18(30)20-21(31)19(13-16-14-25-22-17(16)6-5-8-24-22)32-23(20)26-28-11-9-27(10-12-28)15(2)29/h5-6,8,13-14,26H,3-4,7,9-12H2,1-2H3,(H,24,25)/b19-13-. The van der Waals surface area contributed by atoms with E-state index in [-0.39, 0.29) is 35.3 Å². The minimum atomic E-state index is -0.422. The molecule has 1 amide bonds. The highest BCUT2D eigenvalue weighted by molar-refractivity contribution is 6.28. The third-order valence-corrected chi connectivity index (χ3v) is 5.68. The van der Waals surface area contributed by atoms with Gasteiger partial charge in [-0.2, -0.15) is 0 Å². The topological polar surface area (TPSA) is 108 Å². The second-order valence-electron chi connectivity index (χ2n) is 7.92. The highest BCUT2D eigenvalue weighted by Crippen LogP contribution is 2.29. The average molecular weight is 438 g/mol. The number of aromatic amines is 1. The van der Waals surface area contributed by atoms with Gasteiger partial charge in [-0.15, -0.1) is 0 Å². The number of amides is 1. The molecule has 168 valence electrons. The van der Waals surface area contributed by atoms with Crippen LogP contribution in [-0.4, -0.2) is 63.5 Å². The number of rotatable bonds is 7. The molecule has 0 unspecified atom stereocenters. The Kier molecular flexibility index (Phi) is 6.36. The van der Waals surface area contributed by atoms with Crippen molar-refractivity contribution in [2.45, 2.75) is 33.1 Å². The number of piperazine rings is 1. The summed E-state index contributed by atoms with van der Waals surface area (Å²) in [6, 6.07) is 3.72. The van der Waals surface area contributed by atoms with Crippen molar-refractivity contribution in [1.82, 2.24) is 25.3 Å². The summed E-state index contributed by atoms with van der Waals surface area (Å²) < 4.78 is 5.89. The fraction of sp³-hybridized carbons (Fsp3) is 0.391. The van der Waals surface area contributed by atoms with E-state index >= 15 is 0 Å². The summed E-state index contributed by atoms with van der Waals surface area (Å²) in [5, 5.41) is 2.73. The number of pyridine rings is 1. The molecule has 0 aromatic carbocycles. The Hall–Kier alpha value is -3.46. The fourth-order valence-electron chi connectivity index (χ4n) is 3.84. The molecule has 0 saturated carbocycles. The Bertz CT molecular complexity index is 1110. The van der Waals surface area contributed by atoms with Crippen LogP contribution in [0, 0.1) is 0 Å². The zero-order valence-electron chi connectivity index (χ0n) is 18.3. The van der Waals surface area contributed by atoms with Gasteiger partial charge in [-0.25, -0.2) is 9.99 Å². The molecule has 1 saturated heterocycles. The fourth-order valence-corrected chi connectivity index (χ4v) is 3.84. The number of hydrogen-bond donors (Lipinski definition) is 2. The van der Waals surface area contributed by atoms with E-state index in [2.05, 4.69) is 15.4 Å². The molecular formula is C23H27N5O4. The van der Waals surface area contributed by atoms with E-state index in [1.165, 1.54) is 0 Å². The van der Waals surface area contributed by atoms with Crippen molar-refractivity contribution in [2.75, 3.05) is 26.2 Å². The smallest absolute Gasteiger partial charge is 0.237 e. The normalized spacial score (nSPS) is 18.5. The Morgan fingerprint density at radius 1 is 1.28 bits per heavy atom. The van der Waals surface area contributed by atoms with Crippen molar-refractivity contribution in [3.63, 3.8) is 0 Å². The quantitative estimate of drug-likeness (QED) is 0.505. The molecule has 0 radical (unpaired) electrons. The summed E-state index contributed by atoms with van der Waals surface area (Å²) in [5.74, 6) is -0.360. The Morgan fingerprint density at radius 2 is 2.06 bits per heavy atom. The first-order valence-electron chi connectivity index (χ1n) is 10.9. The van der Waals surface area contributed by atoms with Gasteiger partial charge < -0.3 is 14.6 Å². The van der Waals surface area contributed by atoms with Crippen LogP contribution < -0.4 is 5.43 Å². The molecule has 4 rings (SSSR count). The molecule has 0 atom stereocenters. The summed E-state index contributed by atoms with van der Waals surface area (Å²) in [6.45, 7) is 5.79. The maximum absolute atomic E-state index is 13.2. The van der Waals surface area contributed by atoms with Gasteiger partial charge in [-0.3, -0.25) is 19.8 Å². The van der Waals surface area contributed by atoms with E-state index in [1.54, 1.807) is 30.3 Å². The molecule has 1 fully saturated rings. The minimum absolute atomic E-state index is 0.0324. The highest BCUT2D eigenvalue weighted by Gasteiger charge is 2.36. The van der Waals surface area contributed by atoms with Crippen molar-refractivity contribution in [3.8, 4) is 0 Å². The molecular weight excluding hydrogens is 410 g/mol. The van der Waals surface area contributed by atoms with Crippen LogP contribution in [0.25, 0.3) is 17.1 Å². The van der Waals surface area contributed by atoms with E-state index in [0.717, 1.165) is 17.4 Å². The number of unbranched alkanes of at least 4 members (excludes halogenated alkanes) is 1. The van der Waals surface area contributed by atoms with Crippen molar-refractivity contribution < 1.29 is 19.1 Å².